The van der Waals surface area contributed by atoms with Gasteiger partial charge in [-0.1, -0.05) is 36.0 Å². The number of hydrogen-bond acceptors (Lipinski definition) is 7. The normalized spacial score (nSPS) is 20.1. The third-order valence-corrected chi connectivity index (χ3v) is 7.40. The van der Waals surface area contributed by atoms with E-state index < -0.39 is 0 Å². The maximum atomic E-state index is 13.5. The first-order chi connectivity index (χ1) is 17.7. The van der Waals surface area contributed by atoms with Crippen molar-refractivity contribution in [2.45, 2.75) is 30.5 Å². The van der Waals surface area contributed by atoms with Crippen LogP contribution >= 0.6 is 11.8 Å². The molecule has 1 aliphatic heterocycles. The van der Waals surface area contributed by atoms with Crippen molar-refractivity contribution >= 4 is 29.5 Å². The van der Waals surface area contributed by atoms with Crippen LogP contribution < -0.4 is 9.47 Å². The van der Waals surface area contributed by atoms with Gasteiger partial charge in [0.25, 0.3) is 5.91 Å². The van der Waals surface area contributed by atoms with Crippen molar-refractivity contribution in [1.82, 2.24) is 15.0 Å². The number of carbonyl (C=O) groups excluding carboxylic acids is 1. The van der Waals surface area contributed by atoms with Gasteiger partial charge in [0.1, 0.15) is 11.5 Å². The molecule has 36 heavy (non-hydrogen) atoms. The number of aromatic nitrogens is 2. The van der Waals surface area contributed by atoms with E-state index in [9.17, 15) is 4.79 Å². The second-order valence-corrected chi connectivity index (χ2v) is 9.65. The van der Waals surface area contributed by atoms with Crippen LogP contribution in [0.2, 0.25) is 0 Å². The van der Waals surface area contributed by atoms with Crippen molar-refractivity contribution in [2.24, 2.45) is 11.0 Å². The Labute approximate surface area is 215 Å². The summed E-state index contributed by atoms with van der Waals surface area (Å²) in [6, 6.07) is 17.6. The summed E-state index contributed by atoms with van der Waals surface area (Å²) in [5, 5.41) is 7.22. The van der Waals surface area contributed by atoms with E-state index in [0.717, 1.165) is 47.6 Å². The van der Waals surface area contributed by atoms with E-state index in [2.05, 4.69) is 16.0 Å². The Kier molecular flexibility index (Phi) is 7.32. The molecule has 5 rings (SSSR count). The summed E-state index contributed by atoms with van der Waals surface area (Å²) in [6.45, 7) is 0. The molecule has 0 N–H and O–H groups in total. The second-order valence-electron chi connectivity index (χ2n) is 8.70. The van der Waals surface area contributed by atoms with Crippen LogP contribution in [-0.2, 0) is 4.79 Å². The summed E-state index contributed by atoms with van der Waals surface area (Å²) in [5.74, 6) is 1.92. The van der Waals surface area contributed by atoms with Crippen LogP contribution in [0, 0.1) is 5.92 Å². The predicted molar refractivity (Wildman–Crippen MR) is 141 cm³/mol. The molecule has 8 heteroatoms. The quantitative estimate of drug-likeness (QED) is 0.319. The van der Waals surface area contributed by atoms with Crippen molar-refractivity contribution in [2.75, 3.05) is 20.0 Å². The van der Waals surface area contributed by atoms with E-state index in [0.29, 0.717) is 5.16 Å². The average Bonchev–Trinajstić information content (AvgIpc) is 3.33. The van der Waals surface area contributed by atoms with E-state index >= 15 is 0 Å². The van der Waals surface area contributed by atoms with Crippen molar-refractivity contribution in [3.8, 4) is 11.5 Å². The molecule has 2 aromatic carbocycles. The molecule has 184 valence electrons. The van der Waals surface area contributed by atoms with Crippen molar-refractivity contribution in [3.05, 3.63) is 83.7 Å². The molecule has 7 nitrogen and oxygen atoms in total. The van der Waals surface area contributed by atoms with Gasteiger partial charge in [0.15, 0.2) is 5.16 Å². The van der Waals surface area contributed by atoms with Crippen LogP contribution in [0.25, 0.3) is 6.08 Å². The fourth-order valence-electron chi connectivity index (χ4n) is 4.80. The number of carbonyl (C=O) groups is 1. The summed E-state index contributed by atoms with van der Waals surface area (Å²) < 4.78 is 10.7. The van der Waals surface area contributed by atoms with Crippen LogP contribution in [0.1, 0.15) is 36.4 Å². The SMILES string of the molecule is COc1ccc(/C=C2/CCC[C@H]3C2=NN(C(=O)CSc2ncccn2)[C@H]3c2ccc(OC)cc2)cc1. The standard InChI is InChI=1S/C28H28N4O3S/c1-34-22-11-7-19(8-12-22)17-21-5-3-6-24-26(21)31-32(25(33)18-36-28-29-15-4-16-30-28)27(24)20-9-13-23(35-2)14-10-20/h4,7-17,24,27H,3,5-6,18H2,1-2H3/b21-17-/t24-,27-/m0/s1. The lowest BCUT2D eigenvalue weighted by molar-refractivity contribution is -0.130. The molecule has 0 spiro atoms. The lowest BCUT2D eigenvalue weighted by atomic mass is 9.77. The van der Waals surface area contributed by atoms with Crippen molar-refractivity contribution < 1.29 is 14.3 Å². The zero-order valence-corrected chi connectivity index (χ0v) is 21.1. The topological polar surface area (TPSA) is 76.9 Å². The van der Waals surface area contributed by atoms with E-state index in [1.165, 1.54) is 17.3 Å². The van der Waals surface area contributed by atoms with E-state index in [-0.39, 0.29) is 23.6 Å². The molecule has 2 aliphatic rings. The first-order valence-electron chi connectivity index (χ1n) is 12.0. The van der Waals surface area contributed by atoms with Gasteiger partial charge in [0.05, 0.1) is 31.7 Å². The number of hydrogen-bond donors (Lipinski definition) is 0. The van der Waals surface area contributed by atoms with Gasteiger partial charge in [-0.15, -0.1) is 0 Å². The summed E-state index contributed by atoms with van der Waals surface area (Å²) in [5.41, 5.74) is 4.34. The van der Waals surface area contributed by atoms with E-state index in [1.807, 2.05) is 48.5 Å². The Morgan fingerprint density at radius 2 is 1.69 bits per heavy atom. The molecule has 1 aromatic heterocycles. The van der Waals surface area contributed by atoms with Gasteiger partial charge < -0.3 is 9.47 Å². The maximum Gasteiger partial charge on any atom is 0.253 e. The molecule has 0 bridgehead atoms. The summed E-state index contributed by atoms with van der Waals surface area (Å²) in [6.07, 6.45) is 8.52. The Balaban J connectivity index is 1.46. The number of thioether (sulfide) groups is 1. The van der Waals surface area contributed by atoms with Crippen molar-refractivity contribution in [1.29, 1.82) is 0 Å². The molecule has 0 saturated heterocycles. The van der Waals surface area contributed by atoms with Crippen LogP contribution in [0.4, 0.5) is 0 Å². The summed E-state index contributed by atoms with van der Waals surface area (Å²) in [4.78, 5) is 21.9. The molecule has 1 saturated carbocycles. The third kappa shape index (κ3) is 5.14. The van der Waals surface area contributed by atoms with Gasteiger partial charge in [0, 0.05) is 18.3 Å². The highest BCUT2D eigenvalue weighted by molar-refractivity contribution is 7.99. The zero-order valence-electron chi connectivity index (χ0n) is 20.3. The van der Waals surface area contributed by atoms with Gasteiger partial charge in [0.2, 0.25) is 0 Å². The van der Waals surface area contributed by atoms with E-state index in [4.69, 9.17) is 14.6 Å². The van der Waals surface area contributed by atoms with Crippen LogP contribution in [-0.4, -0.2) is 46.6 Å². The molecule has 1 aliphatic carbocycles. The number of rotatable bonds is 7. The fourth-order valence-corrected chi connectivity index (χ4v) is 5.45. The number of nitrogens with zero attached hydrogens (tertiary/aromatic N) is 4. The van der Waals surface area contributed by atoms with Crippen LogP contribution in [0.3, 0.4) is 0 Å². The fraction of sp³-hybridized carbons (Fsp3) is 0.286. The Bertz CT molecular complexity index is 1260. The predicted octanol–water partition coefficient (Wildman–Crippen LogP) is 5.41. The lowest BCUT2D eigenvalue weighted by Gasteiger charge is -2.29. The minimum absolute atomic E-state index is 0.0565. The smallest absolute Gasteiger partial charge is 0.253 e. The minimum atomic E-state index is -0.157. The largest absolute Gasteiger partial charge is 0.497 e. The van der Waals surface area contributed by atoms with Gasteiger partial charge >= 0.3 is 0 Å². The zero-order chi connectivity index (χ0) is 24.9. The molecule has 0 unspecified atom stereocenters. The highest BCUT2D eigenvalue weighted by Gasteiger charge is 2.43. The molecular formula is C28H28N4O3S. The van der Waals surface area contributed by atoms with Crippen LogP contribution in [0.5, 0.6) is 11.5 Å². The third-order valence-electron chi connectivity index (χ3n) is 6.54. The van der Waals surface area contributed by atoms with E-state index in [1.54, 1.807) is 37.7 Å². The lowest BCUT2D eigenvalue weighted by Crippen LogP contribution is -2.32. The first-order valence-corrected chi connectivity index (χ1v) is 12.9. The number of methoxy groups -OCH3 is 2. The molecular weight excluding hydrogens is 472 g/mol. The minimum Gasteiger partial charge on any atom is -0.497 e. The summed E-state index contributed by atoms with van der Waals surface area (Å²) >= 11 is 1.33. The van der Waals surface area contributed by atoms with Gasteiger partial charge in [-0.3, -0.25) is 4.79 Å². The second kappa shape index (κ2) is 11.0. The highest BCUT2D eigenvalue weighted by atomic mass is 32.2. The number of allylic oxidation sites excluding steroid dienone is 1. The monoisotopic (exact) mass is 500 g/mol. The molecule has 1 amide bonds. The van der Waals surface area contributed by atoms with Crippen molar-refractivity contribution in [3.63, 3.8) is 0 Å². The number of fused-ring (bicyclic) bond motifs is 1. The highest BCUT2D eigenvalue weighted by Crippen LogP contribution is 2.45. The first kappa shape index (κ1) is 24.1. The van der Waals surface area contributed by atoms with Crippen LogP contribution in [0.15, 0.2) is 82.8 Å². The average molecular weight is 501 g/mol. The summed E-state index contributed by atoms with van der Waals surface area (Å²) in [7, 11) is 3.32. The molecule has 2 atom stereocenters. The molecule has 2 heterocycles. The Morgan fingerprint density at radius 1 is 1.03 bits per heavy atom. The molecule has 3 aromatic rings. The number of hydrazone groups is 1. The Hall–Kier alpha value is -3.65. The number of benzene rings is 2. The molecule has 1 fully saturated rings. The Morgan fingerprint density at radius 3 is 2.36 bits per heavy atom. The molecule has 0 radical (unpaired) electrons. The number of ether oxygens (including phenoxy) is 2. The number of amides is 1. The van der Waals surface area contributed by atoms with Gasteiger partial charge in [-0.05, 0) is 72.4 Å². The van der Waals surface area contributed by atoms with Gasteiger partial charge in [-0.2, -0.15) is 5.10 Å². The van der Waals surface area contributed by atoms with Gasteiger partial charge in [-0.25, -0.2) is 15.0 Å². The maximum absolute atomic E-state index is 13.5.